The van der Waals surface area contributed by atoms with Crippen molar-refractivity contribution in [2.24, 2.45) is 11.8 Å². The Labute approximate surface area is 205 Å². The fraction of sp³-hybridized carbons (Fsp3) is 0.577. The molecule has 9 nitrogen and oxygen atoms in total. The number of amides is 1. The summed E-state index contributed by atoms with van der Waals surface area (Å²) in [6.45, 7) is 2.28. The van der Waals surface area contributed by atoms with Gasteiger partial charge in [-0.05, 0) is 64.0 Å². The molecule has 0 radical (unpaired) electrons. The summed E-state index contributed by atoms with van der Waals surface area (Å²) in [5.74, 6) is -0.806. The summed E-state index contributed by atoms with van der Waals surface area (Å²) in [5, 5.41) is 13.6. The van der Waals surface area contributed by atoms with Gasteiger partial charge in [-0.15, -0.1) is 0 Å². The first-order valence-corrected chi connectivity index (χ1v) is 12.6. The van der Waals surface area contributed by atoms with Gasteiger partial charge in [0.15, 0.2) is 6.39 Å². The lowest BCUT2D eigenvalue weighted by Gasteiger charge is -2.38. The van der Waals surface area contributed by atoms with E-state index in [1.165, 1.54) is 6.39 Å². The molecule has 0 saturated carbocycles. The first-order chi connectivity index (χ1) is 17.0. The van der Waals surface area contributed by atoms with Gasteiger partial charge >= 0.3 is 0 Å². The standard InChI is InChI=1S/C26H35N5O4/c1-29(2)11-5-10-27-25(33)23-20(14-32)22-13-31-21(24(23)30(22)12-18-15-35-16-28-18)9-8-19(26(31)34)17-6-3-4-7-17/h6,8-9,15-16,20,22-24,32H,3-5,7,10-14H2,1-2H3,(H,27,33)/t20-,22-,23+,24+/m1/s1. The Hall–Kier alpha value is -2.75. The second kappa shape index (κ2) is 10.1. The molecule has 0 spiro atoms. The first-order valence-electron chi connectivity index (χ1n) is 12.6. The van der Waals surface area contributed by atoms with E-state index in [9.17, 15) is 14.7 Å². The van der Waals surface area contributed by atoms with Gasteiger partial charge in [-0.2, -0.15) is 0 Å². The SMILES string of the molecule is CN(C)CCCNC(=O)[C@H]1[C@H](CO)[C@H]2Cn3c(ccc(C4=CCCC4)c3=O)[C@@H]1N2Cc1cocn1. The Morgan fingerprint density at radius 1 is 1.34 bits per heavy atom. The Morgan fingerprint density at radius 3 is 2.89 bits per heavy atom. The highest BCUT2D eigenvalue weighted by molar-refractivity contribution is 5.80. The quantitative estimate of drug-likeness (QED) is 0.525. The molecule has 9 heteroatoms. The monoisotopic (exact) mass is 481 g/mol. The molecule has 35 heavy (non-hydrogen) atoms. The molecule has 5 rings (SSSR count). The van der Waals surface area contributed by atoms with E-state index in [1.54, 1.807) is 6.26 Å². The van der Waals surface area contributed by atoms with Crippen LogP contribution in [0.2, 0.25) is 0 Å². The van der Waals surface area contributed by atoms with Crippen molar-refractivity contribution in [2.75, 3.05) is 33.8 Å². The minimum atomic E-state index is -0.457. The number of rotatable bonds is 9. The van der Waals surface area contributed by atoms with E-state index in [0.29, 0.717) is 19.6 Å². The summed E-state index contributed by atoms with van der Waals surface area (Å²) >= 11 is 0. The molecule has 2 bridgehead atoms. The topological polar surface area (TPSA) is 104 Å². The molecule has 1 amide bonds. The van der Waals surface area contributed by atoms with Crippen molar-refractivity contribution >= 4 is 11.5 Å². The fourth-order valence-electron chi connectivity index (χ4n) is 6.13. The van der Waals surface area contributed by atoms with Crippen LogP contribution in [-0.4, -0.2) is 70.2 Å². The molecule has 0 aromatic carbocycles. The predicted octanol–water partition coefficient (Wildman–Crippen LogP) is 1.64. The van der Waals surface area contributed by atoms with Crippen LogP contribution in [0.15, 0.2) is 40.1 Å². The summed E-state index contributed by atoms with van der Waals surface area (Å²) in [5.41, 5.74) is 3.50. The molecule has 4 atom stereocenters. The normalized spacial score (nSPS) is 25.7. The van der Waals surface area contributed by atoms with Gasteiger partial charge in [-0.25, -0.2) is 4.98 Å². The second-order valence-corrected chi connectivity index (χ2v) is 10.2. The second-order valence-electron chi connectivity index (χ2n) is 10.2. The van der Waals surface area contributed by atoms with Gasteiger partial charge in [0, 0.05) is 49.5 Å². The maximum absolute atomic E-state index is 13.6. The molecule has 2 aromatic rings. The molecular weight excluding hydrogens is 446 g/mol. The maximum atomic E-state index is 13.6. The summed E-state index contributed by atoms with van der Waals surface area (Å²) < 4.78 is 7.04. The van der Waals surface area contributed by atoms with Crippen LogP contribution >= 0.6 is 0 Å². The number of aliphatic hydroxyl groups is 1. The van der Waals surface area contributed by atoms with Gasteiger partial charge in [-0.3, -0.25) is 14.5 Å². The predicted molar refractivity (Wildman–Crippen MR) is 131 cm³/mol. The van der Waals surface area contributed by atoms with E-state index in [-0.39, 0.29) is 36.1 Å². The molecule has 1 saturated heterocycles. The summed E-state index contributed by atoms with van der Waals surface area (Å²) in [7, 11) is 4.02. The van der Waals surface area contributed by atoms with Crippen molar-refractivity contribution in [3.8, 4) is 0 Å². The molecule has 188 valence electrons. The van der Waals surface area contributed by atoms with E-state index in [0.717, 1.165) is 54.8 Å². The average Bonchev–Trinajstić information content (AvgIpc) is 3.58. The smallest absolute Gasteiger partial charge is 0.258 e. The van der Waals surface area contributed by atoms with E-state index < -0.39 is 5.92 Å². The zero-order valence-corrected chi connectivity index (χ0v) is 20.5. The minimum Gasteiger partial charge on any atom is -0.451 e. The summed E-state index contributed by atoms with van der Waals surface area (Å²) in [6.07, 6.45) is 9.04. The van der Waals surface area contributed by atoms with Crippen molar-refractivity contribution < 1.29 is 14.3 Å². The van der Waals surface area contributed by atoms with Gasteiger partial charge in [0.25, 0.3) is 5.56 Å². The number of carbonyl (C=O) groups excluding carboxylic acids is 1. The van der Waals surface area contributed by atoms with Gasteiger partial charge in [0.05, 0.1) is 17.7 Å². The van der Waals surface area contributed by atoms with Crippen molar-refractivity contribution in [3.63, 3.8) is 0 Å². The number of fused-ring (bicyclic) bond motifs is 4. The van der Waals surface area contributed by atoms with E-state index in [2.05, 4.69) is 26.2 Å². The number of carbonyl (C=O) groups is 1. The highest BCUT2D eigenvalue weighted by Crippen LogP contribution is 2.49. The third-order valence-electron chi connectivity index (χ3n) is 7.77. The molecule has 1 fully saturated rings. The van der Waals surface area contributed by atoms with E-state index in [4.69, 9.17) is 4.42 Å². The van der Waals surface area contributed by atoms with Crippen LogP contribution in [0.4, 0.5) is 0 Å². The molecule has 3 aliphatic rings. The number of nitrogens with one attached hydrogen (secondary N) is 1. The summed E-state index contributed by atoms with van der Waals surface area (Å²) in [6, 6.07) is 3.46. The molecule has 4 heterocycles. The molecule has 1 aliphatic carbocycles. The summed E-state index contributed by atoms with van der Waals surface area (Å²) in [4.78, 5) is 35.7. The van der Waals surface area contributed by atoms with Gasteiger partial charge in [0.2, 0.25) is 5.91 Å². The Kier molecular flexibility index (Phi) is 6.91. The van der Waals surface area contributed by atoms with Crippen LogP contribution in [0.25, 0.3) is 5.57 Å². The van der Waals surface area contributed by atoms with Crippen LogP contribution in [0, 0.1) is 11.8 Å². The van der Waals surface area contributed by atoms with Crippen LogP contribution < -0.4 is 10.9 Å². The molecule has 2 N–H and O–H groups in total. The zero-order valence-electron chi connectivity index (χ0n) is 20.5. The number of hydrogen-bond acceptors (Lipinski definition) is 7. The fourth-order valence-corrected chi connectivity index (χ4v) is 6.13. The number of pyridine rings is 1. The van der Waals surface area contributed by atoms with Gasteiger partial charge < -0.3 is 24.3 Å². The van der Waals surface area contributed by atoms with Crippen LogP contribution in [0.5, 0.6) is 0 Å². The Morgan fingerprint density at radius 2 is 2.20 bits per heavy atom. The highest BCUT2D eigenvalue weighted by Gasteiger charge is 2.55. The lowest BCUT2D eigenvalue weighted by Crippen LogP contribution is -2.46. The molecule has 2 aliphatic heterocycles. The Balaban J connectivity index is 1.50. The van der Waals surface area contributed by atoms with Crippen LogP contribution in [0.3, 0.4) is 0 Å². The zero-order chi connectivity index (χ0) is 24.5. The van der Waals surface area contributed by atoms with Gasteiger partial charge in [-0.1, -0.05) is 6.08 Å². The minimum absolute atomic E-state index is 0.00969. The number of aliphatic hydroxyl groups excluding tert-OH is 1. The number of allylic oxidation sites excluding steroid dienone is 2. The van der Waals surface area contributed by atoms with Crippen molar-refractivity contribution in [3.05, 3.63) is 58.2 Å². The maximum Gasteiger partial charge on any atom is 0.258 e. The van der Waals surface area contributed by atoms with E-state index >= 15 is 0 Å². The average molecular weight is 482 g/mol. The van der Waals surface area contributed by atoms with Crippen molar-refractivity contribution in [1.82, 2.24) is 24.7 Å². The lowest BCUT2D eigenvalue weighted by atomic mass is 9.86. The van der Waals surface area contributed by atoms with Crippen molar-refractivity contribution in [1.29, 1.82) is 0 Å². The number of aromatic nitrogens is 2. The highest BCUT2D eigenvalue weighted by atomic mass is 16.3. The molecule has 2 aromatic heterocycles. The largest absolute Gasteiger partial charge is 0.451 e. The van der Waals surface area contributed by atoms with Crippen LogP contribution in [-0.2, 0) is 17.9 Å². The third kappa shape index (κ3) is 4.48. The number of oxazole rings is 1. The van der Waals surface area contributed by atoms with E-state index in [1.807, 2.05) is 30.8 Å². The molecular formula is C26H35N5O4. The van der Waals surface area contributed by atoms with Gasteiger partial charge in [0.1, 0.15) is 6.26 Å². The van der Waals surface area contributed by atoms with Crippen LogP contribution in [0.1, 0.15) is 48.7 Å². The van der Waals surface area contributed by atoms with Crippen molar-refractivity contribution in [2.45, 2.75) is 50.9 Å². The Bertz CT molecular complexity index is 1140. The number of hydrogen-bond donors (Lipinski definition) is 2. The molecule has 0 unspecified atom stereocenters. The lowest BCUT2D eigenvalue weighted by molar-refractivity contribution is -0.127. The third-order valence-corrected chi connectivity index (χ3v) is 7.77. The number of nitrogens with zero attached hydrogens (tertiary/aromatic N) is 4. The first kappa shape index (κ1) is 24.0.